The standard InChI is InChI=1S/C14H29NOS2/c16-13-11-9-7-5-3-1-2-4-6-8-10-12-15-14(17)18/h16H,1-13H2,(H2,15,17,18). The maximum atomic E-state index is 8.64. The van der Waals surface area contributed by atoms with Gasteiger partial charge in [0.15, 0.2) is 0 Å². The van der Waals surface area contributed by atoms with Crippen molar-refractivity contribution in [3.63, 3.8) is 0 Å². The predicted octanol–water partition coefficient (Wildman–Crippen LogP) is 4.07. The molecule has 0 bridgehead atoms. The van der Waals surface area contributed by atoms with Crippen LogP contribution in [-0.4, -0.2) is 22.6 Å². The van der Waals surface area contributed by atoms with Gasteiger partial charge in [0, 0.05) is 13.2 Å². The van der Waals surface area contributed by atoms with Gasteiger partial charge in [-0.15, -0.1) is 12.6 Å². The zero-order valence-electron chi connectivity index (χ0n) is 11.5. The van der Waals surface area contributed by atoms with E-state index in [0.29, 0.717) is 10.9 Å². The lowest BCUT2D eigenvalue weighted by atomic mass is 10.1. The topological polar surface area (TPSA) is 32.3 Å². The summed E-state index contributed by atoms with van der Waals surface area (Å²) in [6, 6.07) is 0. The van der Waals surface area contributed by atoms with E-state index in [-0.39, 0.29) is 0 Å². The Morgan fingerprint density at radius 3 is 1.56 bits per heavy atom. The second-order valence-corrected chi connectivity index (χ2v) is 6.00. The van der Waals surface area contributed by atoms with Crippen molar-refractivity contribution in [1.82, 2.24) is 5.32 Å². The van der Waals surface area contributed by atoms with Crippen molar-refractivity contribution in [3.05, 3.63) is 0 Å². The van der Waals surface area contributed by atoms with Gasteiger partial charge in [0.2, 0.25) is 0 Å². The Kier molecular flexibility index (Phi) is 15.4. The molecule has 0 aromatic rings. The van der Waals surface area contributed by atoms with Crippen LogP contribution in [0.1, 0.15) is 70.6 Å². The van der Waals surface area contributed by atoms with Crippen LogP contribution in [0.25, 0.3) is 0 Å². The molecular formula is C14H29NOS2. The first-order valence-corrected chi connectivity index (χ1v) is 8.20. The number of thiol groups is 1. The summed E-state index contributed by atoms with van der Waals surface area (Å²) < 4.78 is 0.608. The quantitative estimate of drug-likeness (QED) is 0.272. The molecule has 0 radical (unpaired) electrons. The smallest absolute Gasteiger partial charge is 0.130 e. The molecule has 0 rings (SSSR count). The van der Waals surface area contributed by atoms with E-state index in [1.165, 1.54) is 64.2 Å². The number of hydrogen-bond donors (Lipinski definition) is 3. The SMILES string of the molecule is OCCCCCCCCCCCCCNC(=S)S. The summed E-state index contributed by atoms with van der Waals surface area (Å²) in [7, 11) is 0. The maximum Gasteiger partial charge on any atom is 0.130 e. The van der Waals surface area contributed by atoms with Crippen molar-refractivity contribution in [2.24, 2.45) is 0 Å². The lowest BCUT2D eigenvalue weighted by Gasteiger charge is -2.04. The molecule has 0 fully saturated rings. The monoisotopic (exact) mass is 291 g/mol. The molecule has 0 saturated heterocycles. The number of rotatable bonds is 13. The molecule has 0 amide bonds. The number of nitrogens with one attached hydrogen (secondary N) is 1. The Hall–Kier alpha value is 0.200. The fraction of sp³-hybridized carbons (Fsp3) is 0.929. The summed E-state index contributed by atoms with van der Waals surface area (Å²) in [6.45, 7) is 1.32. The van der Waals surface area contributed by atoms with Crippen LogP contribution in [-0.2, 0) is 0 Å². The first-order chi connectivity index (χ1) is 8.77. The largest absolute Gasteiger partial charge is 0.396 e. The fourth-order valence-corrected chi connectivity index (χ4v) is 2.24. The van der Waals surface area contributed by atoms with E-state index < -0.39 is 0 Å². The summed E-state index contributed by atoms with van der Waals surface area (Å²) in [5.74, 6) is 0. The Morgan fingerprint density at radius 2 is 1.17 bits per heavy atom. The third-order valence-electron chi connectivity index (χ3n) is 3.11. The van der Waals surface area contributed by atoms with Crippen LogP contribution in [0.4, 0.5) is 0 Å². The summed E-state index contributed by atoms with van der Waals surface area (Å²) in [4.78, 5) is 0. The lowest BCUT2D eigenvalue weighted by molar-refractivity contribution is 0.282. The maximum absolute atomic E-state index is 8.64. The Morgan fingerprint density at radius 1 is 0.778 bits per heavy atom. The van der Waals surface area contributed by atoms with Gasteiger partial charge in [-0.25, -0.2) is 0 Å². The van der Waals surface area contributed by atoms with Crippen LogP contribution >= 0.6 is 24.8 Å². The van der Waals surface area contributed by atoms with Gasteiger partial charge in [-0.1, -0.05) is 70.0 Å². The average molecular weight is 292 g/mol. The Bertz CT molecular complexity index is 189. The highest BCUT2D eigenvalue weighted by molar-refractivity contribution is 8.11. The van der Waals surface area contributed by atoms with Crippen molar-refractivity contribution in [1.29, 1.82) is 0 Å². The third kappa shape index (κ3) is 16.2. The zero-order valence-corrected chi connectivity index (χ0v) is 13.2. The van der Waals surface area contributed by atoms with Gasteiger partial charge in [-0.2, -0.15) is 0 Å². The molecule has 4 heteroatoms. The molecule has 0 saturated carbocycles. The minimum absolute atomic E-state index is 0.354. The molecule has 0 heterocycles. The second kappa shape index (κ2) is 15.3. The van der Waals surface area contributed by atoms with Crippen LogP contribution in [0, 0.1) is 0 Å². The summed E-state index contributed by atoms with van der Waals surface area (Å²) in [5, 5.41) is 11.7. The summed E-state index contributed by atoms with van der Waals surface area (Å²) in [5.41, 5.74) is 0. The number of unbranched alkanes of at least 4 members (excludes halogenated alkanes) is 10. The van der Waals surface area contributed by atoms with E-state index in [4.69, 9.17) is 17.3 Å². The minimum atomic E-state index is 0.354. The van der Waals surface area contributed by atoms with Gasteiger partial charge in [-0.3, -0.25) is 0 Å². The van der Waals surface area contributed by atoms with Crippen molar-refractivity contribution in [3.8, 4) is 0 Å². The highest BCUT2D eigenvalue weighted by Crippen LogP contribution is 2.11. The van der Waals surface area contributed by atoms with Gasteiger partial charge >= 0.3 is 0 Å². The molecular weight excluding hydrogens is 262 g/mol. The molecule has 0 aromatic carbocycles. The van der Waals surface area contributed by atoms with Crippen molar-refractivity contribution < 1.29 is 5.11 Å². The van der Waals surface area contributed by atoms with Gasteiger partial charge in [0.25, 0.3) is 0 Å². The molecule has 2 N–H and O–H groups in total. The van der Waals surface area contributed by atoms with Crippen LogP contribution in [0.5, 0.6) is 0 Å². The van der Waals surface area contributed by atoms with E-state index in [0.717, 1.165) is 13.0 Å². The number of aliphatic hydroxyl groups is 1. The number of aliphatic hydroxyl groups excluding tert-OH is 1. The van der Waals surface area contributed by atoms with E-state index in [1.54, 1.807) is 0 Å². The van der Waals surface area contributed by atoms with E-state index in [1.807, 2.05) is 0 Å². The number of thiocarbonyl (C=S) groups is 1. The van der Waals surface area contributed by atoms with E-state index in [2.05, 4.69) is 17.9 Å². The second-order valence-electron chi connectivity index (χ2n) is 4.84. The lowest BCUT2D eigenvalue weighted by Crippen LogP contribution is -2.17. The van der Waals surface area contributed by atoms with Gasteiger partial charge in [0.1, 0.15) is 4.32 Å². The molecule has 0 aliphatic heterocycles. The third-order valence-corrected chi connectivity index (χ3v) is 3.41. The minimum Gasteiger partial charge on any atom is -0.396 e. The molecule has 0 aliphatic carbocycles. The number of hydrogen-bond acceptors (Lipinski definition) is 2. The molecule has 0 aromatic heterocycles. The van der Waals surface area contributed by atoms with Crippen LogP contribution in [0.15, 0.2) is 0 Å². The van der Waals surface area contributed by atoms with E-state index >= 15 is 0 Å². The van der Waals surface area contributed by atoms with E-state index in [9.17, 15) is 0 Å². The Labute approximate surface area is 123 Å². The first-order valence-electron chi connectivity index (χ1n) is 7.35. The predicted molar refractivity (Wildman–Crippen MR) is 87.5 cm³/mol. The van der Waals surface area contributed by atoms with Gasteiger partial charge < -0.3 is 10.4 Å². The highest BCUT2D eigenvalue weighted by Gasteiger charge is 1.93. The molecule has 0 unspecified atom stereocenters. The van der Waals surface area contributed by atoms with Crippen molar-refractivity contribution >= 4 is 29.2 Å². The molecule has 0 aliphatic rings. The molecule has 2 nitrogen and oxygen atoms in total. The fourth-order valence-electron chi connectivity index (χ4n) is 2.02. The van der Waals surface area contributed by atoms with Crippen LogP contribution in [0.2, 0.25) is 0 Å². The van der Waals surface area contributed by atoms with Crippen LogP contribution < -0.4 is 5.32 Å². The van der Waals surface area contributed by atoms with Gasteiger partial charge in [-0.05, 0) is 12.8 Å². The van der Waals surface area contributed by atoms with Crippen molar-refractivity contribution in [2.75, 3.05) is 13.2 Å². The first kappa shape index (κ1) is 18.2. The van der Waals surface area contributed by atoms with Gasteiger partial charge in [0.05, 0.1) is 0 Å². The molecule has 0 atom stereocenters. The summed E-state index contributed by atoms with van der Waals surface area (Å²) >= 11 is 8.84. The molecule has 18 heavy (non-hydrogen) atoms. The Balaban J connectivity index is 2.92. The zero-order chi connectivity index (χ0) is 13.5. The normalized spacial score (nSPS) is 10.6. The molecule has 108 valence electrons. The van der Waals surface area contributed by atoms with Crippen molar-refractivity contribution in [2.45, 2.75) is 70.6 Å². The summed E-state index contributed by atoms with van der Waals surface area (Å²) in [6.07, 6.45) is 14.1. The molecule has 0 spiro atoms. The highest BCUT2D eigenvalue weighted by atomic mass is 32.1. The van der Waals surface area contributed by atoms with Crippen LogP contribution in [0.3, 0.4) is 0 Å². The average Bonchev–Trinajstić information content (AvgIpc) is 2.34.